The zero-order chi connectivity index (χ0) is 9.52. The molecule has 1 rings (SSSR count). The number of rotatable bonds is 3. The molecule has 66 valence electrons. The van der Waals surface area contributed by atoms with Gasteiger partial charge in [0.05, 0.1) is 18.1 Å². The van der Waals surface area contributed by atoms with Gasteiger partial charge in [0.15, 0.2) is 0 Å². The highest BCUT2D eigenvalue weighted by atomic mass is 16.1. The van der Waals surface area contributed by atoms with Crippen LogP contribution in [0.15, 0.2) is 24.5 Å². The molecular weight excluding hydrogens is 166 g/mol. The lowest BCUT2D eigenvalue weighted by atomic mass is 10.2. The second kappa shape index (κ2) is 4.88. The summed E-state index contributed by atoms with van der Waals surface area (Å²) in [5, 5.41) is 10.8. The fourth-order valence-electron chi connectivity index (χ4n) is 0.831. The molecule has 1 aromatic heterocycles. The van der Waals surface area contributed by atoms with Gasteiger partial charge in [-0.05, 0) is 12.1 Å². The van der Waals surface area contributed by atoms with E-state index < -0.39 is 0 Å². The average Bonchev–Trinajstić information content (AvgIpc) is 2.19. The number of amides is 1. The van der Waals surface area contributed by atoms with Crippen LogP contribution in [0.4, 0.5) is 0 Å². The van der Waals surface area contributed by atoms with E-state index in [0.29, 0.717) is 18.5 Å². The van der Waals surface area contributed by atoms with Crippen molar-refractivity contribution < 1.29 is 4.79 Å². The van der Waals surface area contributed by atoms with Crippen molar-refractivity contribution in [2.75, 3.05) is 6.54 Å². The molecular formula is C9H9N3O. The van der Waals surface area contributed by atoms with E-state index >= 15 is 0 Å². The SMILES string of the molecule is N#CCCNC(=O)c1cccnc1. The Bertz CT molecular complexity index is 315. The van der Waals surface area contributed by atoms with Crippen molar-refractivity contribution in [2.45, 2.75) is 6.42 Å². The van der Waals surface area contributed by atoms with Crippen LogP contribution in [-0.2, 0) is 0 Å². The van der Waals surface area contributed by atoms with Gasteiger partial charge in [0.1, 0.15) is 0 Å². The lowest BCUT2D eigenvalue weighted by molar-refractivity contribution is 0.0954. The first-order valence-corrected chi connectivity index (χ1v) is 3.90. The van der Waals surface area contributed by atoms with Gasteiger partial charge in [-0.2, -0.15) is 5.26 Å². The zero-order valence-electron chi connectivity index (χ0n) is 7.03. The first kappa shape index (κ1) is 9.20. The number of nitrogens with one attached hydrogen (secondary N) is 1. The number of hydrogen-bond donors (Lipinski definition) is 1. The van der Waals surface area contributed by atoms with Crippen molar-refractivity contribution in [2.24, 2.45) is 0 Å². The van der Waals surface area contributed by atoms with E-state index in [2.05, 4.69) is 10.3 Å². The normalized spacial score (nSPS) is 8.85. The van der Waals surface area contributed by atoms with Gasteiger partial charge < -0.3 is 5.32 Å². The summed E-state index contributed by atoms with van der Waals surface area (Å²) in [6, 6.07) is 5.31. The van der Waals surface area contributed by atoms with Crippen LogP contribution < -0.4 is 5.32 Å². The monoisotopic (exact) mass is 175 g/mol. The summed E-state index contributed by atoms with van der Waals surface area (Å²) in [7, 11) is 0. The summed E-state index contributed by atoms with van der Waals surface area (Å²) in [6.07, 6.45) is 3.42. The molecule has 0 unspecified atom stereocenters. The third kappa shape index (κ3) is 2.91. The smallest absolute Gasteiger partial charge is 0.252 e. The highest BCUT2D eigenvalue weighted by Gasteiger charge is 2.02. The zero-order valence-corrected chi connectivity index (χ0v) is 7.03. The molecule has 4 heteroatoms. The highest BCUT2D eigenvalue weighted by Crippen LogP contribution is 1.94. The molecule has 1 N–H and O–H groups in total. The molecule has 0 aliphatic heterocycles. The van der Waals surface area contributed by atoms with Gasteiger partial charge in [0, 0.05) is 18.9 Å². The second-order valence-corrected chi connectivity index (χ2v) is 2.41. The average molecular weight is 175 g/mol. The highest BCUT2D eigenvalue weighted by molar-refractivity contribution is 5.93. The van der Waals surface area contributed by atoms with Crippen LogP contribution in [-0.4, -0.2) is 17.4 Å². The van der Waals surface area contributed by atoms with Crippen LogP contribution in [0.2, 0.25) is 0 Å². The van der Waals surface area contributed by atoms with E-state index in [0.717, 1.165) is 0 Å². The Labute approximate surface area is 76.2 Å². The minimum atomic E-state index is -0.191. The topological polar surface area (TPSA) is 65.8 Å². The molecule has 0 atom stereocenters. The molecule has 0 saturated heterocycles. The molecule has 0 aliphatic carbocycles. The molecule has 0 bridgehead atoms. The van der Waals surface area contributed by atoms with Gasteiger partial charge in [0.2, 0.25) is 0 Å². The number of nitriles is 1. The minimum Gasteiger partial charge on any atom is -0.351 e. The van der Waals surface area contributed by atoms with Gasteiger partial charge >= 0.3 is 0 Å². The third-order valence-electron chi connectivity index (χ3n) is 1.45. The molecule has 0 aromatic carbocycles. The molecule has 0 fully saturated rings. The van der Waals surface area contributed by atoms with E-state index in [1.165, 1.54) is 6.20 Å². The second-order valence-electron chi connectivity index (χ2n) is 2.41. The quantitative estimate of drug-likeness (QED) is 0.688. The minimum absolute atomic E-state index is 0.191. The Morgan fingerprint density at radius 1 is 1.69 bits per heavy atom. The Balaban J connectivity index is 2.46. The predicted octanol–water partition coefficient (Wildman–Crippen LogP) is 0.725. The lowest BCUT2D eigenvalue weighted by Crippen LogP contribution is -2.24. The molecule has 0 saturated carbocycles. The molecule has 0 spiro atoms. The molecule has 0 aliphatic rings. The predicted molar refractivity (Wildman–Crippen MR) is 46.8 cm³/mol. The Morgan fingerprint density at radius 2 is 2.54 bits per heavy atom. The molecule has 13 heavy (non-hydrogen) atoms. The van der Waals surface area contributed by atoms with Crippen LogP contribution in [0.1, 0.15) is 16.8 Å². The summed E-state index contributed by atoms with van der Waals surface area (Å²) < 4.78 is 0. The molecule has 0 radical (unpaired) electrons. The fraction of sp³-hybridized carbons (Fsp3) is 0.222. The van der Waals surface area contributed by atoms with E-state index in [1.54, 1.807) is 18.3 Å². The Kier molecular flexibility index (Phi) is 3.45. The summed E-state index contributed by atoms with van der Waals surface area (Å²) in [4.78, 5) is 15.1. The van der Waals surface area contributed by atoms with Crippen LogP contribution in [0.5, 0.6) is 0 Å². The van der Waals surface area contributed by atoms with Gasteiger partial charge in [0.25, 0.3) is 5.91 Å². The van der Waals surface area contributed by atoms with E-state index in [1.807, 2.05) is 6.07 Å². The number of pyridine rings is 1. The molecule has 4 nitrogen and oxygen atoms in total. The number of nitrogens with zero attached hydrogens (tertiary/aromatic N) is 2. The number of hydrogen-bond acceptors (Lipinski definition) is 3. The summed E-state index contributed by atoms with van der Waals surface area (Å²) in [5.74, 6) is -0.191. The first-order valence-electron chi connectivity index (χ1n) is 3.90. The maximum absolute atomic E-state index is 11.3. The third-order valence-corrected chi connectivity index (χ3v) is 1.45. The Morgan fingerprint density at radius 3 is 3.15 bits per heavy atom. The van der Waals surface area contributed by atoms with Crippen molar-refractivity contribution in [3.63, 3.8) is 0 Å². The van der Waals surface area contributed by atoms with Crippen molar-refractivity contribution in [1.29, 1.82) is 5.26 Å². The van der Waals surface area contributed by atoms with Crippen LogP contribution in [0.3, 0.4) is 0 Å². The van der Waals surface area contributed by atoms with E-state index in [9.17, 15) is 4.79 Å². The molecule has 1 aromatic rings. The maximum atomic E-state index is 11.3. The van der Waals surface area contributed by atoms with Crippen molar-refractivity contribution in [3.05, 3.63) is 30.1 Å². The standard InChI is InChI=1S/C9H9N3O/c10-4-2-6-12-9(13)8-3-1-5-11-7-8/h1,3,5,7H,2,6H2,(H,12,13). The Hall–Kier alpha value is -1.89. The van der Waals surface area contributed by atoms with Crippen LogP contribution in [0.25, 0.3) is 0 Å². The van der Waals surface area contributed by atoms with Gasteiger partial charge in [-0.1, -0.05) is 0 Å². The van der Waals surface area contributed by atoms with E-state index in [4.69, 9.17) is 5.26 Å². The number of carbonyl (C=O) groups excluding carboxylic acids is 1. The summed E-state index contributed by atoms with van der Waals surface area (Å²) in [5.41, 5.74) is 0.514. The maximum Gasteiger partial charge on any atom is 0.252 e. The number of aromatic nitrogens is 1. The summed E-state index contributed by atoms with van der Waals surface area (Å²) >= 11 is 0. The van der Waals surface area contributed by atoms with E-state index in [-0.39, 0.29) is 5.91 Å². The largest absolute Gasteiger partial charge is 0.351 e. The van der Waals surface area contributed by atoms with Crippen LogP contribution >= 0.6 is 0 Å². The lowest BCUT2D eigenvalue weighted by Gasteiger charge is -2.00. The summed E-state index contributed by atoms with van der Waals surface area (Å²) in [6.45, 7) is 0.379. The van der Waals surface area contributed by atoms with Gasteiger partial charge in [-0.25, -0.2) is 0 Å². The van der Waals surface area contributed by atoms with Crippen molar-refractivity contribution >= 4 is 5.91 Å². The van der Waals surface area contributed by atoms with Crippen molar-refractivity contribution in [1.82, 2.24) is 10.3 Å². The fourth-order valence-corrected chi connectivity index (χ4v) is 0.831. The van der Waals surface area contributed by atoms with Crippen molar-refractivity contribution in [3.8, 4) is 6.07 Å². The first-order chi connectivity index (χ1) is 6.34. The molecule has 1 heterocycles. The van der Waals surface area contributed by atoms with Gasteiger partial charge in [-0.3, -0.25) is 9.78 Å². The number of carbonyl (C=O) groups is 1. The van der Waals surface area contributed by atoms with Gasteiger partial charge in [-0.15, -0.1) is 0 Å². The van der Waals surface area contributed by atoms with Crippen LogP contribution in [0, 0.1) is 11.3 Å². The molecule has 1 amide bonds.